The highest BCUT2D eigenvalue weighted by Crippen LogP contribution is 2.34. The van der Waals surface area contributed by atoms with Crippen molar-refractivity contribution < 1.29 is 9.90 Å². The van der Waals surface area contributed by atoms with Crippen molar-refractivity contribution in [3.8, 4) is 0 Å². The van der Waals surface area contributed by atoms with E-state index >= 15 is 0 Å². The van der Waals surface area contributed by atoms with Crippen molar-refractivity contribution >= 4 is 5.91 Å². The number of nitrogens with one attached hydrogen (secondary N) is 1. The Kier molecular flexibility index (Phi) is 4.25. The minimum atomic E-state index is -0.905. The smallest absolute Gasteiger partial charge is 0.222 e. The van der Waals surface area contributed by atoms with Crippen LogP contribution in [0.15, 0.2) is 24.3 Å². The van der Waals surface area contributed by atoms with Gasteiger partial charge in [-0.15, -0.1) is 0 Å². The highest BCUT2D eigenvalue weighted by atomic mass is 16.3. The van der Waals surface area contributed by atoms with Crippen LogP contribution in [-0.4, -0.2) is 17.6 Å². The molecule has 2 rings (SSSR count). The third-order valence-corrected chi connectivity index (χ3v) is 4.17. The largest absolute Gasteiger partial charge is 0.383 e. The van der Waals surface area contributed by atoms with Gasteiger partial charge in [0.15, 0.2) is 0 Å². The number of aliphatic hydroxyl groups is 1. The lowest BCUT2D eigenvalue weighted by Crippen LogP contribution is -2.44. The van der Waals surface area contributed by atoms with Crippen LogP contribution in [0.25, 0.3) is 0 Å². The Morgan fingerprint density at radius 2 is 2.21 bits per heavy atom. The molecule has 0 heterocycles. The molecule has 0 aliphatic heterocycles. The van der Waals surface area contributed by atoms with Gasteiger partial charge in [0, 0.05) is 5.92 Å². The van der Waals surface area contributed by atoms with Gasteiger partial charge in [0.2, 0.25) is 5.91 Å². The molecule has 2 atom stereocenters. The minimum Gasteiger partial charge on any atom is -0.383 e. The van der Waals surface area contributed by atoms with E-state index in [1.54, 1.807) is 0 Å². The summed E-state index contributed by atoms with van der Waals surface area (Å²) in [5.41, 5.74) is 1.28. The van der Waals surface area contributed by atoms with Crippen LogP contribution in [0.2, 0.25) is 0 Å². The molecule has 1 aliphatic rings. The van der Waals surface area contributed by atoms with Crippen molar-refractivity contribution in [1.29, 1.82) is 0 Å². The molecule has 104 valence electrons. The second-order valence-electron chi connectivity index (χ2n) is 5.57. The maximum absolute atomic E-state index is 11.8. The maximum atomic E-state index is 11.8. The van der Waals surface area contributed by atoms with Crippen LogP contribution in [0.5, 0.6) is 0 Å². The quantitative estimate of drug-likeness (QED) is 0.874. The summed E-state index contributed by atoms with van der Waals surface area (Å²) in [5.74, 6) is 0.0291. The van der Waals surface area contributed by atoms with Crippen molar-refractivity contribution in [2.75, 3.05) is 6.54 Å². The molecule has 0 saturated carbocycles. The van der Waals surface area contributed by atoms with Crippen LogP contribution in [0, 0.1) is 5.92 Å². The molecule has 3 heteroatoms. The highest BCUT2D eigenvalue weighted by molar-refractivity contribution is 5.78. The number of amides is 1. The Hall–Kier alpha value is -1.35. The van der Waals surface area contributed by atoms with Gasteiger partial charge in [0.1, 0.15) is 5.60 Å². The van der Waals surface area contributed by atoms with E-state index in [9.17, 15) is 9.90 Å². The van der Waals surface area contributed by atoms with Gasteiger partial charge in [0.05, 0.1) is 6.54 Å². The average molecular weight is 261 g/mol. The van der Waals surface area contributed by atoms with Crippen LogP contribution in [0.1, 0.15) is 44.2 Å². The van der Waals surface area contributed by atoms with Gasteiger partial charge in [0.25, 0.3) is 0 Å². The van der Waals surface area contributed by atoms with Crippen molar-refractivity contribution in [2.45, 2.75) is 45.1 Å². The van der Waals surface area contributed by atoms with Crippen LogP contribution in [-0.2, 0) is 16.8 Å². The Morgan fingerprint density at radius 1 is 1.47 bits per heavy atom. The third kappa shape index (κ3) is 2.98. The molecule has 0 spiro atoms. The number of fused-ring (bicyclic) bond motifs is 1. The fraction of sp³-hybridized carbons (Fsp3) is 0.562. The van der Waals surface area contributed by atoms with Gasteiger partial charge < -0.3 is 10.4 Å². The molecule has 1 aromatic rings. The van der Waals surface area contributed by atoms with Gasteiger partial charge >= 0.3 is 0 Å². The molecule has 19 heavy (non-hydrogen) atoms. The fourth-order valence-electron chi connectivity index (χ4n) is 2.67. The third-order valence-electron chi connectivity index (χ3n) is 4.17. The molecular weight excluding hydrogens is 238 g/mol. The van der Waals surface area contributed by atoms with E-state index in [-0.39, 0.29) is 11.8 Å². The number of carbonyl (C=O) groups is 1. The van der Waals surface area contributed by atoms with E-state index < -0.39 is 5.60 Å². The van der Waals surface area contributed by atoms with Crippen LogP contribution in [0.4, 0.5) is 0 Å². The molecule has 1 amide bonds. The first kappa shape index (κ1) is 14.1. The lowest BCUT2D eigenvalue weighted by Gasteiger charge is -2.35. The summed E-state index contributed by atoms with van der Waals surface area (Å²) >= 11 is 0. The molecule has 0 bridgehead atoms. The highest BCUT2D eigenvalue weighted by Gasteiger charge is 2.34. The second-order valence-corrected chi connectivity index (χ2v) is 5.57. The second kappa shape index (κ2) is 5.74. The Morgan fingerprint density at radius 3 is 2.95 bits per heavy atom. The van der Waals surface area contributed by atoms with Crippen LogP contribution >= 0.6 is 0 Å². The van der Waals surface area contributed by atoms with Gasteiger partial charge in [-0.05, 0) is 36.8 Å². The number of aryl methyl sites for hydroxylation is 1. The Bertz CT molecular complexity index is 458. The Labute approximate surface area is 115 Å². The van der Waals surface area contributed by atoms with E-state index in [0.717, 1.165) is 24.8 Å². The van der Waals surface area contributed by atoms with Crippen molar-refractivity contribution in [2.24, 2.45) is 5.92 Å². The molecule has 2 unspecified atom stereocenters. The molecule has 0 aromatic heterocycles. The molecule has 2 N–H and O–H groups in total. The predicted molar refractivity (Wildman–Crippen MR) is 75.7 cm³/mol. The number of carbonyl (C=O) groups excluding carboxylic acids is 1. The topological polar surface area (TPSA) is 49.3 Å². The zero-order valence-electron chi connectivity index (χ0n) is 11.8. The number of hydrogen-bond acceptors (Lipinski definition) is 2. The molecule has 0 fully saturated rings. The van der Waals surface area contributed by atoms with Gasteiger partial charge in [-0.1, -0.05) is 38.1 Å². The number of benzene rings is 1. The molecular formula is C16H23NO2. The van der Waals surface area contributed by atoms with Crippen LogP contribution < -0.4 is 5.32 Å². The lowest BCUT2D eigenvalue weighted by atomic mass is 9.79. The standard InChI is InChI=1S/C16H23NO2/c1-3-12(2)15(18)17-11-16(19)10-6-8-13-7-4-5-9-14(13)16/h4-5,7,9,12,19H,3,6,8,10-11H2,1-2H3,(H,17,18). The summed E-state index contributed by atoms with van der Waals surface area (Å²) in [6, 6.07) is 7.99. The van der Waals surface area contributed by atoms with Crippen molar-refractivity contribution in [3.63, 3.8) is 0 Å². The fourth-order valence-corrected chi connectivity index (χ4v) is 2.67. The summed E-state index contributed by atoms with van der Waals surface area (Å²) in [7, 11) is 0. The average Bonchev–Trinajstić information content (AvgIpc) is 2.44. The van der Waals surface area contributed by atoms with E-state index in [0.29, 0.717) is 13.0 Å². The summed E-state index contributed by atoms with van der Waals surface area (Å²) < 4.78 is 0. The zero-order chi connectivity index (χ0) is 13.9. The van der Waals surface area contributed by atoms with E-state index in [2.05, 4.69) is 11.4 Å². The summed E-state index contributed by atoms with van der Waals surface area (Å²) in [5, 5.41) is 13.7. The molecule has 3 nitrogen and oxygen atoms in total. The summed E-state index contributed by atoms with van der Waals surface area (Å²) in [6.07, 6.45) is 3.51. The lowest BCUT2D eigenvalue weighted by molar-refractivity contribution is -0.126. The summed E-state index contributed by atoms with van der Waals surface area (Å²) in [4.78, 5) is 11.8. The normalized spacial score (nSPS) is 23.5. The van der Waals surface area contributed by atoms with Gasteiger partial charge in [-0.25, -0.2) is 0 Å². The van der Waals surface area contributed by atoms with E-state index in [4.69, 9.17) is 0 Å². The molecule has 1 aromatic carbocycles. The van der Waals surface area contributed by atoms with E-state index in [1.807, 2.05) is 32.0 Å². The maximum Gasteiger partial charge on any atom is 0.222 e. The first-order chi connectivity index (χ1) is 9.07. The molecule has 0 saturated heterocycles. The zero-order valence-corrected chi connectivity index (χ0v) is 11.8. The van der Waals surface area contributed by atoms with Crippen molar-refractivity contribution in [1.82, 2.24) is 5.32 Å². The van der Waals surface area contributed by atoms with Gasteiger partial charge in [-0.3, -0.25) is 4.79 Å². The monoisotopic (exact) mass is 261 g/mol. The van der Waals surface area contributed by atoms with E-state index in [1.165, 1.54) is 5.56 Å². The molecule has 0 radical (unpaired) electrons. The SMILES string of the molecule is CCC(C)C(=O)NCC1(O)CCCc2ccccc21. The first-order valence-corrected chi connectivity index (χ1v) is 7.15. The first-order valence-electron chi connectivity index (χ1n) is 7.15. The number of hydrogen-bond donors (Lipinski definition) is 2. The summed E-state index contributed by atoms with van der Waals surface area (Å²) in [6.45, 7) is 4.22. The predicted octanol–water partition coefficient (Wildman–Crippen LogP) is 2.37. The minimum absolute atomic E-state index is 0.00225. The van der Waals surface area contributed by atoms with Crippen LogP contribution in [0.3, 0.4) is 0 Å². The Balaban J connectivity index is 2.10. The van der Waals surface area contributed by atoms with Crippen molar-refractivity contribution in [3.05, 3.63) is 35.4 Å². The molecule has 1 aliphatic carbocycles. The van der Waals surface area contributed by atoms with Gasteiger partial charge in [-0.2, -0.15) is 0 Å². The number of rotatable bonds is 4.